The molecule has 4 aliphatic rings. The average Bonchev–Trinajstić information content (AvgIpc) is 2.84. The van der Waals surface area contributed by atoms with Gasteiger partial charge in [-0.05, 0) is 50.6 Å². The number of urea groups is 1. The van der Waals surface area contributed by atoms with Gasteiger partial charge in [0.05, 0.1) is 0 Å². The maximum Gasteiger partial charge on any atom is 0.327 e. The number of fused-ring (bicyclic) bond motifs is 1. The fraction of sp³-hybridized carbons (Fsp3) is 0.842. The maximum atomic E-state index is 13.0. The van der Waals surface area contributed by atoms with E-state index in [0.29, 0.717) is 18.8 Å². The summed E-state index contributed by atoms with van der Waals surface area (Å²) in [4.78, 5) is 43.2. The van der Waals surface area contributed by atoms with Crippen molar-refractivity contribution in [3.63, 3.8) is 0 Å². The second-order valence-corrected chi connectivity index (χ2v) is 8.45. The first-order chi connectivity index (χ1) is 12.5. The largest absolute Gasteiger partial charge is 0.341 e. The quantitative estimate of drug-likeness (QED) is 0.745. The van der Waals surface area contributed by atoms with Crippen molar-refractivity contribution < 1.29 is 14.4 Å². The van der Waals surface area contributed by atoms with Crippen molar-refractivity contribution in [1.82, 2.24) is 20.0 Å². The van der Waals surface area contributed by atoms with Crippen LogP contribution in [0.4, 0.5) is 4.79 Å². The van der Waals surface area contributed by atoms with Crippen molar-refractivity contribution in [1.29, 1.82) is 0 Å². The van der Waals surface area contributed by atoms with E-state index in [1.54, 1.807) is 11.9 Å². The van der Waals surface area contributed by atoms with Crippen molar-refractivity contribution >= 4 is 17.8 Å². The fourth-order valence-electron chi connectivity index (χ4n) is 5.44. The Bertz CT molecular complexity index is 602. The summed E-state index contributed by atoms with van der Waals surface area (Å²) in [5.41, 5.74) is -0.751. The minimum Gasteiger partial charge on any atom is -0.341 e. The van der Waals surface area contributed by atoms with Gasteiger partial charge in [0, 0.05) is 20.1 Å². The molecule has 4 amide bonds. The number of rotatable bonds is 2. The molecule has 7 heteroatoms. The Morgan fingerprint density at radius 3 is 2.54 bits per heavy atom. The number of likely N-dealkylation sites (tertiary alicyclic amines) is 1. The number of carbonyl (C=O) groups is 3. The molecule has 1 saturated carbocycles. The molecule has 2 atom stereocenters. The normalized spacial score (nSPS) is 31.5. The molecule has 26 heavy (non-hydrogen) atoms. The number of amides is 4. The van der Waals surface area contributed by atoms with E-state index in [1.807, 2.05) is 4.90 Å². The van der Waals surface area contributed by atoms with Gasteiger partial charge in [-0.25, -0.2) is 4.79 Å². The number of nitrogens with zero attached hydrogens (tertiary/aromatic N) is 3. The molecule has 1 spiro atoms. The predicted octanol–water partition coefficient (Wildman–Crippen LogP) is 1.04. The van der Waals surface area contributed by atoms with Crippen molar-refractivity contribution in [2.45, 2.75) is 50.5 Å². The van der Waals surface area contributed by atoms with Crippen LogP contribution in [-0.2, 0) is 9.59 Å². The molecule has 0 aromatic rings. The van der Waals surface area contributed by atoms with Crippen molar-refractivity contribution in [2.75, 3.05) is 39.8 Å². The average molecular weight is 362 g/mol. The Morgan fingerprint density at radius 2 is 1.81 bits per heavy atom. The highest BCUT2D eigenvalue weighted by Crippen LogP contribution is 2.37. The molecule has 0 aromatic carbocycles. The van der Waals surface area contributed by atoms with E-state index in [-0.39, 0.29) is 24.4 Å². The van der Waals surface area contributed by atoms with Gasteiger partial charge in [0.2, 0.25) is 5.91 Å². The third kappa shape index (κ3) is 2.80. The number of hydrogen-bond donors (Lipinski definition) is 1. The maximum absolute atomic E-state index is 13.0. The Labute approximate surface area is 155 Å². The molecule has 4 rings (SSSR count). The number of likely N-dealkylation sites (N-methyl/N-ethyl adjacent to an activating group) is 1. The zero-order valence-electron chi connectivity index (χ0n) is 15.7. The number of imide groups is 1. The Balaban J connectivity index is 1.42. The van der Waals surface area contributed by atoms with E-state index in [2.05, 4.69) is 5.32 Å². The summed E-state index contributed by atoms with van der Waals surface area (Å²) in [7, 11) is 1.70. The highest BCUT2D eigenvalue weighted by atomic mass is 16.2. The Kier molecular flexibility index (Phi) is 4.67. The van der Waals surface area contributed by atoms with Crippen LogP contribution in [0.2, 0.25) is 0 Å². The summed E-state index contributed by atoms with van der Waals surface area (Å²) in [6, 6.07) is -0.321. The summed E-state index contributed by atoms with van der Waals surface area (Å²) >= 11 is 0. The zero-order chi connectivity index (χ0) is 18.3. The molecular formula is C19H30N4O3. The van der Waals surface area contributed by atoms with E-state index in [4.69, 9.17) is 0 Å². The van der Waals surface area contributed by atoms with E-state index < -0.39 is 5.54 Å². The number of piperidine rings is 2. The molecule has 4 fully saturated rings. The molecular weight excluding hydrogens is 332 g/mol. The summed E-state index contributed by atoms with van der Waals surface area (Å²) < 4.78 is 0. The third-order valence-electron chi connectivity index (χ3n) is 7.17. The molecule has 1 aliphatic carbocycles. The van der Waals surface area contributed by atoms with E-state index in [0.717, 1.165) is 38.5 Å². The number of carbonyl (C=O) groups excluding carboxylic acids is 3. The Hall–Kier alpha value is -1.63. The van der Waals surface area contributed by atoms with Crippen LogP contribution in [0.3, 0.4) is 0 Å². The first-order valence-electron chi connectivity index (χ1n) is 10.1. The summed E-state index contributed by atoms with van der Waals surface area (Å²) in [6.07, 6.45) is 7.36. The van der Waals surface area contributed by atoms with Crippen molar-refractivity contribution in [2.24, 2.45) is 11.8 Å². The van der Waals surface area contributed by atoms with Gasteiger partial charge < -0.3 is 15.1 Å². The van der Waals surface area contributed by atoms with Crippen molar-refractivity contribution in [3.8, 4) is 0 Å². The van der Waals surface area contributed by atoms with Crippen LogP contribution in [0.1, 0.15) is 44.9 Å². The molecule has 3 saturated heterocycles. The SMILES string of the molecule is CN1C(=O)N(CC(=O)N2CC[C@@H]3CCCC[C@@H]3C2)C(=O)C12CCNCC2. The molecule has 0 bridgehead atoms. The van der Waals surface area contributed by atoms with Gasteiger partial charge in [-0.15, -0.1) is 0 Å². The number of nitrogens with one attached hydrogen (secondary N) is 1. The fourth-order valence-corrected chi connectivity index (χ4v) is 5.44. The van der Waals surface area contributed by atoms with E-state index in [9.17, 15) is 14.4 Å². The molecule has 7 nitrogen and oxygen atoms in total. The van der Waals surface area contributed by atoms with Gasteiger partial charge in [0.15, 0.2) is 0 Å². The van der Waals surface area contributed by atoms with Crippen LogP contribution in [0.25, 0.3) is 0 Å². The van der Waals surface area contributed by atoms with Crippen LogP contribution < -0.4 is 5.32 Å². The topological polar surface area (TPSA) is 73.0 Å². The first-order valence-corrected chi connectivity index (χ1v) is 10.1. The Morgan fingerprint density at radius 1 is 1.12 bits per heavy atom. The van der Waals surface area contributed by atoms with Crippen LogP contribution in [0.5, 0.6) is 0 Å². The second-order valence-electron chi connectivity index (χ2n) is 8.45. The standard InChI is InChI=1S/C19H30N4O3/c1-21-18(26)23(17(25)19(21)7-9-20-10-8-19)13-16(24)22-11-6-14-4-2-3-5-15(14)12-22/h14-15,20H,2-13H2,1H3/t14-,15+/m0/s1. The molecule has 0 aromatic heterocycles. The number of hydrogen-bond acceptors (Lipinski definition) is 4. The molecule has 144 valence electrons. The van der Waals surface area contributed by atoms with Gasteiger partial charge in [-0.2, -0.15) is 0 Å². The highest BCUT2D eigenvalue weighted by molar-refractivity contribution is 6.09. The lowest BCUT2D eigenvalue weighted by Crippen LogP contribution is -2.54. The minimum atomic E-state index is -0.751. The monoisotopic (exact) mass is 362 g/mol. The highest BCUT2D eigenvalue weighted by Gasteiger charge is 2.56. The van der Waals surface area contributed by atoms with Crippen molar-refractivity contribution in [3.05, 3.63) is 0 Å². The molecule has 3 heterocycles. The lowest BCUT2D eigenvalue weighted by molar-refractivity contribution is -0.141. The lowest BCUT2D eigenvalue weighted by Gasteiger charge is -2.41. The third-order valence-corrected chi connectivity index (χ3v) is 7.17. The predicted molar refractivity (Wildman–Crippen MR) is 96.4 cm³/mol. The van der Waals surface area contributed by atoms with Gasteiger partial charge >= 0.3 is 6.03 Å². The molecule has 3 aliphatic heterocycles. The first kappa shape index (κ1) is 17.8. The van der Waals surface area contributed by atoms with Gasteiger partial charge in [-0.3, -0.25) is 14.5 Å². The van der Waals surface area contributed by atoms with Gasteiger partial charge in [0.1, 0.15) is 12.1 Å². The van der Waals surface area contributed by atoms with Crippen LogP contribution >= 0.6 is 0 Å². The van der Waals surface area contributed by atoms with Crippen LogP contribution in [0.15, 0.2) is 0 Å². The van der Waals surface area contributed by atoms with Gasteiger partial charge in [-0.1, -0.05) is 19.3 Å². The van der Waals surface area contributed by atoms with E-state index in [1.165, 1.54) is 30.6 Å². The van der Waals surface area contributed by atoms with E-state index >= 15 is 0 Å². The van der Waals surface area contributed by atoms with Gasteiger partial charge in [0.25, 0.3) is 5.91 Å². The second kappa shape index (κ2) is 6.83. The van der Waals surface area contributed by atoms with Crippen LogP contribution in [0, 0.1) is 11.8 Å². The lowest BCUT2D eigenvalue weighted by atomic mass is 9.75. The molecule has 0 unspecified atom stereocenters. The molecule has 0 radical (unpaired) electrons. The summed E-state index contributed by atoms with van der Waals surface area (Å²) in [5, 5.41) is 3.24. The summed E-state index contributed by atoms with van der Waals surface area (Å²) in [5.74, 6) is 1.10. The molecule has 1 N–H and O–H groups in total. The van der Waals surface area contributed by atoms with Crippen LogP contribution in [-0.4, -0.2) is 77.9 Å². The zero-order valence-corrected chi connectivity index (χ0v) is 15.7. The smallest absolute Gasteiger partial charge is 0.327 e. The minimum absolute atomic E-state index is 0.0740. The summed E-state index contributed by atoms with van der Waals surface area (Å²) in [6.45, 7) is 2.90.